The summed E-state index contributed by atoms with van der Waals surface area (Å²) in [4.78, 5) is 15.7. The SMILES string of the molecule is C=CCNC(=S)NCCCC(=O)N/C=C\CCOc1csc(CN2CCCCC2)c1. The van der Waals surface area contributed by atoms with E-state index in [9.17, 15) is 4.79 Å². The van der Waals surface area contributed by atoms with Crippen LogP contribution in [0.1, 0.15) is 43.4 Å². The molecule has 1 aromatic heterocycles. The summed E-state index contributed by atoms with van der Waals surface area (Å²) < 4.78 is 5.81. The molecule has 0 aliphatic carbocycles. The van der Waals surface area contributed by atoms with Crippen molar-refractivity contribution in [2.75, 3.05) is 32.8 Å². The van der Waals surface area contributed by atoms with Gasteiger partial charge < -0.3 is 20.7 Å². The van der Waals surface area contributed by atoms with Crippen molar-refractivity contribution < 1.29 is 9.53 Å². The quantitative estimate of drug-likeness (QED) is 0.243. The zero-order chi connectivity index (χ0) is 21.4. The van der Waals surface area contributed by atoms with E-state index in [4.69, 9.17) is 17.0 Å². The molecule has 0 unspecified atom stereocenters. The molecule has 30 heavy (non-hydrogen) atoms. The van der Waals surface area contributed by atoms with Crippen molar-refractivity contribution >= 4 is 34.6 Å². The lowest BCUT2D eigenvalue weighted by Crippen LogP contribution is -2.36. The molecule has 166 valence electrons. The fourth-order valence-electron chi connectivity index (χ4n) is 3.09. The Hall–Kier alpha value is -1.90. The van der Waals surface area contributed by atoms with Gasteiger partial charge in [-0.15, -0.1) is 17.9 Å². The van der Waals surface area contributed by atoms with Crippen molar-refractivity contribution in [3.8, 4) is 5.75 Å². The van der Waals surface area contributed by atoms with Gasteiger partial charge in [-0.3, -0.25) is 9.69 Å². The number of carbonyl (C=O) groups is 1. The van der Waals surface area contributed by atoms with Gasteiger partial charge >= 0.3 is 0 Å². The largest absolute Gasteiger partial charge is 0.492 e. The Bertz CT molecular complexity index is 684. The highest BCUT2D eigenvalue weighted by Gasteiger charge is 2.11. The van der Waals surface area contributed by atoms with Crippen molar-refractivity contribution in [2.24, 2.45) is 0 Å². The average molecular weight is 451 g/mol. The Morgan fingerprint density at radius 3 is 2.93 bits per heavy atom. The van der Waals surface area contributed by atoms with Crippen molar-refractivity contribution in [3.05, 3.63) is 41.3 Å². The first kappa shape index (κ1) is 24.4. The van der Waals surface area contributed by atoms with Crippen LogP contribution < -0.4 is 20.7 Å². The van der Waals surface area contributed by atoms with Crippen LogP contribution in [0.15, 0.2) is 36.4 Å². The number of hydrogen-bond acceptors (Lipinski definition) is 5. The van der Waals surface area contributed by atoms with Crippen LogP contribution in [0.2, 0.25) is 0 Å². The van der Waals surface area contributed by atoms with Gasteiger partial charge in [0.1, 0.15) is 5.75 Å². The van der Waals surface area contributed by atoms with E-state index in [2.05, 4.69) is 38.9 Å². The number of ether oxygens (including phenoxy) is 1. The van der Waals surface area contributed by atoms with Crippen molar-refractivity contribution in [1.29, 1.82) is 0 Å². The minimum absolute atomic E-state index is 0.000809. The van der Waals surface area contributed by atoms with Gasteiger partial charge in [-0.25, -0.2) is 0 Å². The highest BCUT2D eigenvalue weighted by atomic mass is 32.1. The maximum Gasteiger partial charge on any atom is 0.223 e. The molecule has 0 atom stereocenters. The van der Waals surface area contributed by atoms with Crippen LogP contribution in [-0.4, -0.2) is 48.7 Å². The molecule has 0 saturated carbocycles. The number of piperidine rings is 1. The number of hydrogen-bond donors (Lipinski definition) is 3. The maximum absolute atomic E-state index is 11.8. The molecule has 0 spiro atoms. The van der Waals surface area contributed by atoms with E-state index < -0.39 is 0 Å². The molecule has 1 aliphatic heterocycles. The number of thiocarbonyl (C=S) groups is 1. The molecule has 8 heteroatoms. The predicted octanol–water partition coefficient (Wildman–Crippen LogP) is 3.56. The van der Waals surface area contributed by atoms with Gasteiger partial charge in [-0.05, 0) is 56.8 Å². The van der Waals surface area contributed by atoms with E-state index in [0.29, 0.717) is 31.2 Å². The predicted molar refractivity (Wildman–Crippen MR) is 129 cm³/mol. The molecule has 1 aromatic rings. The third-order valence-electron chi connectivity index (χ3n) is 4.65. The lowest BCUT2D eigenvalue weighted by Gasteiger charge is -2.25. The Kier molecular flexibility index (Phi) is 12.2. The summed E-state index contributed by atoms with van der Waals surface area (Å²) in [5.74, 6) is 0.941. The molecular formula is C22H34N4O2S2. The number of carbonyl (C=O) groups excluding carboxylic acids is 1. The molecule has 0 radical (unpaired) electrons. The first-order chi connectivity index (χ1) is 14.7. The van der Waals surface area contributed by atoms with Gasteiger partial charge in [-0.1, -0.05) is 18.6 Å². The zero-order valence-corrected chi connectivity index (χ0v) is 19.3. The number of likely N-dealkylation sites (tertiary alicyclic amines) is 1. The molecule has 1 saturated heterocycles. The molecule has 0 bridgehead atoms. The second-order valence-electron chi connectivity index (χ2n) is 7.22. The summed E-state index contributed by atoms with van der Waals surface area (Å²) in [7, 11) is 0. The number of amides is 1. The van der Waals surface area contributed by atoms with Crippen LogP contribution >= 0.6 is 23.6 Å². The standard InChI is InChI=1S/C22H34N4O2S2/c1-2-10-24-22(29)25-12-8-9-21(27)23-11-4-7-15-28-19-16-20(30-18-19)17-26-13-5-3-6-14-26/h2,4,11,16,18H,1,3,5-10,12-15,17H2,(H,23,27)(H2,24,25,29)/b11-4-. The Morgan fingerprint density at radius 2 is 2.13 bits per heavy atom. The van der Waals surface area contributed by atoms with Crippen LogP contribution in [0.3, 0.4) is 0 Å². The first-order valence-electron chi connectivity index (χ1n) is 10.7. The van der Waals surface area contributed by atoms with Crippen LogP contribution in [0, 0.1) is 0 Å². The topological polar surface area (TPSA) is 65.6 Å². The maximum atomic E-state index is 11.8. The van der Waals surface area contributed by atoms with E-state index in [1.54, 1.807) is 23.6 Å². The summed E-state index contributed by atoms with van der Waals surface area (Å²) in [6, 6.07) is 2.15. The van der Waals surface area contributed by atoms with Gasteiger partial charge in [0, 0.05) is 42.7 Å². The molecule has 2 heterocycles. The molecule has 1 aliphatic rings. The molecule has 6 nitrogen and oxygen atoms in total. The molecular weight excluding hydrogens is 416 g/mol. The fourth-order valence-corrected chi connectivity index (χ4v) is 4.12. The van der Waals surface area contributed by atoms with Gasteiger partial charge in [0.15, 0.2) is 5.11 Å². The van der Waals surface area contributed by atoms with E-state index in [-0.39, 0.29) is 5.91 Å². The third-order valence-corrected chi connectivity index (χ3v) is 5.83. The summed E-state index contributed by atoms with van der Waals surface area (Å²) in [6.07, 6.45) is 11.3. The minimum Gasteiger partial charge on any atom is -0.492 e. The molecule has 0 aromatic carbocycles. The van der Waals surface area contributed by atoms with Gasteiger partial charge in [0.25, 0.3) is 0 Å². The second-order valence-corrected chi connectivity index (χ2v) is 8.63. The van der Waals surface area contributed by atoms with E-state index in [1.807, 2.05) is 6.08 Å². The van der Waals surface area contributed by atoms with Crippen LogP contribution in [0.5, 0.6) is 5.75 Å². The molecule has 3 N–H and O–H groups in total. The summed E-state index contributed by atoms with van der Waals surface area (Å²) in [5, 5.41) is 11.5. The monoisotopic (exact) mass is 450 g/mol. The fraction of sp³-hybridized carbons (Fsp3) is 0.545. The molecule has 2 rings (SSSR count). The van der Waals surface area contributed by atoms with Gasteiger partial charge in [-0.2, -0.15) is 0 Å². The lowest BCUT2D eigenvalue weighted by molar-refractivity contribution is -0.120. The highest BCUT2D eigenvalue weighted by molar-refractivity contribution is 7.80. The summed E-state index contributed by atoms with van der Waals surface area (Å²) >= 11 is 6.85. The van der Waals surface area contributed by atoms with Crippen molar-refractivity contribution in [3.63, 3.8) is 0 Å². The number of nitrogens with zero attached hydrogens (tertiary/aromatic N) is 1. The van der Waals surface area contributed by atoms with E-state index in [0.717, 1.165) is 25.1 Å². The summed E-state index contributed by atoms with van der Waals surface area (Å²) in [6.45, 7) is 8.97. The molecule has 1 fully saturated rings. The normalized spacial score (nSPS) is 14.4. The average Bonchev–Trinajstić information content (AvgIpc) is 3.20. The Labute approximate surface area is 189 Å². The minimum atomic E-state index is -0.000809. The smallest absolute Gasteiger partial charge is 0.223 e. The summed E-state index contributed by atoms with van der Waals surface area (Å²) in [5.41, 5.74) is 0. The van der Waals surface area contributed by atoms with E-state index in [1.165, 1.54) is 37.2 Å². The van der Waals surface area contributed by atoms with E-state index >= 15 is 0 Å². The van der Waals surface area contributed by atoms with Gasteiger partial charge in [0.2, 0.25) is 5.91 Å². The lowest BCUT2D eigenvalue weighted by atomic mass is 10.1. The van der Waals surface area contributed by atoms with Gasteiger partial charge in [0.05, 0.1) is 6.61 Å². The Balaban J connectivity index is 1.48. The second kappa shape index (κ2) is 15.0. The Morgan fingerprint density at radius 1 is 1.30 bits per heavy atom. The first-order valence-corrected chi connectivity index (χ1v) is 12.0. The third kappa shape index (κ3) is 10.8. The molecule has 1 amide bonds. The van der Waals surface area contributed by atoms with Crippen LogP contribution in [0.4, 0.5) is 0 Å². The number of thiophene rings is 1. The van der Waals surface area contributed by atoms with Crippen LogP contribution in [0.25, 0.3) is 0 Å². The zero-order valence-electron chi connectivity index (χ0n) is 17.7. The van der Waals surface area contributed by atoms with Crippen molar-refractivity contribution in [1.82, 2.24) is 20.9 Å². The number of nitrogens with one attached hydrogen (secondary N) is 3. The van der Waals surface area contributed by atoms with Crippen LogP contribution in [-0.2, 0) is 11.3 Å². The van der Waals surface area contributed by atoms with Crippen molar-refractivity contribution in [2.45, 2.75) is 45.1 Å². The highest BCUT2D eigenvalue weighted by Crippen LogP contribution is 2.24. The number of rotatable bonds is 13.